The molecule has 19 nitrogen and oxygen atoms in total. The number of fused-ring (bicyclic) bond motifs is 1. The van der Waals surface area contributed by atoms with Gasteiger partial charge in [0.2, 0.25) is 0 Å². The molecular weight excluding hydrogens is 837 g/mol. The summed E-state index contributed by atoms with van der Waals surface area (Å²) in [7, 11) is -1.21. The Kier molecular flexibility index (Phi) is 11.8. The van der Waals surface area contributed by atoms with E-state index in [9.17, 15) is 19.3 Å². The number of aromatic nitrogens is 6. The molecule has 3 aliphatic rings. The molecule has 3 saturated heterocycles. The van der Waals surface area contributed by atoms with Gasteiger partial charge in [-0.2, -0.15) is 0 Å². The van der Waals surface area contributed by atoms with Crippen LogP contribution in [-0.2, 0) is 37.9 Å². The van der Waals surface area contributed by atoms with Crippen molar-refractivity contribution in [3.63, 3.8) is 0 Å². The van der Waals surface area contributed by atoms with E-state index in [0.29, 0.717) is 28.2 Å². The summed E-state index contributed by atoms with van der Waals surface area (Å²) in [5, 5.41) is 11.2. The van der Waals surface area contributed by atoms with Gasteiger partial charge in [-0.1, -0.05) is 54.6 Å². The highest BCUT2D eigenvalue weighted by molar-refractivity contribution is 7.48. The lowest BCUT2D eigenvalue weighted by Crippen LogP contribution is -2.41. The number of aliphatic hydroxyl groups is 1. The van der Waals surface area contributed by atoms with Crippen LogP contribution in [0, 0.1) is 6.92 Å². The van der Waals surface area contributed by atoms with Gasteiger partial charge in [-0.05, 0) is 47.9 Å². The van der Waals surface area contributed by atoms with Gasteiger partial charge in [0, 0.05) is 31.0 Å². The van der Waals surface area contributed by atoms with Crippen molar-refractivity contribution in [1.82, 2.24) is 29.1 Å². The number of anilines is 1. The minimum atomic E-state index is -4.41. The van der Waals surface area contributed by atoms with E-state index >= 15 is 0 Å². The SMILES string of the molecule is COc1ccc(C(OC[C@H]2O[C@@H](n3cnc4c(N)ncnc43)C[C@@H]2O[P@@]2(=O)OCC[C@@H]([C@H]3O[C@@H](n4cc(C)c(=O)[nH]c4=O)C[C@@H]3O)O2)(c2ccccc2)c2ccc(OC)cc2)cc1. The maximum absolute atomic E-state index is 14.7. The predicted molar refractivity (Wildman–Crippen MR) is 225 cm³/mol. The van der Waals surface area contributed by atoms with E-state index in [-0.39, 0.29) is 38.3 Å². The molecule has 3 aliphatic heterocycles. The van der Waals surface area contributed by atoms with Crippen molar-refractivity contribution in [3.8, 4) is 11.5 Å². The molecule has 0 spiro atoms. The maximum Gasteiger partial charge on any atom is 0.475 e. The fourth-order valence-electron chi connectivity index (χ4n) is 8.45. The van der Waals surface area contributed by atoms with E-state index in [4.69, 9.17) is 43.0 Å². The van der Waals surface area contributed by atoms with E-state index < -0.39 is 67.6 Å². The molecule has 6 aromatic rings. The highest BCUT2D eigenvalue weighted by Crippen LogP contribution is 2.58. The van der Waals surface area contributed by atoms with Crippen molar-refractivity contribution in [2.45, 2.75) is 74.8 Å². The summed E-state index contributed by atoms with van der Waals surface area (Å²) in [5.74, 6) is 1.50. The number of imidazole rings is 1. The number of aryl methyl sites for hydroxylation is 1. The monoisotopic (exact) mass is 883 g/mol. The van der Waals surface area contributed by atoms with Gasteiger partial charge in [0.05, 0.1) is 39.9 Å². The van der Waals surface area contributed by atoms with Crippen LogP contribution in [0.3, 0.4) is 0 Å². The molecule has 6 heterocycles. The van der Waals surface area contributed by atoms with Crippen LogP contribution in [0.5, 0.6) is 11.5 Å². The van der Waals surface area contributed by atoms with Crippen molar-refractivity contribution >= 4 is 24.8 Å². The van der Waals surface area contributed by atoms with Gasteiger partial charge in [0.25, 0.3) is 5.56 Å². The topological polar surface area (TPSA) is 236 Å². The van der Waals surface area contributed by atoms with Crippen LogP contribution in [0.15, 0.2) is 107 Å². The van der Waals surface area contributed by atoms with Gasteiger partial charge in [0.1, 0.15) is 65.8 Å². The van der Waals surface area contributed by atoms with E-state index in [1.54, 1.807) is 32.0 Å². The standard InChI is InChI=1S/C43H46N7O12P/c1-25-21-49(42(53)48-41(25)52)35-19-31(51)38(60-35)32-17-18-58-63(54,61-32)62-33-20-36(50-24-47-37-39(44)45-23-46-40(37)50)59-34(33)22-57-43(26-7-5-4-6-8-26,27-9-13-29(55-2)14-10-27)28-11-15-30(56-3)16-12-28/h4-16,21,23-24,31-36,38,51H,17-20,22H2,1-3H3,(H2,44,45,46)(H,48,52,53)/t31-,32-,33-,34+,35+,36+,38-,63-/m0/s1. The van der Waals surface area contributed by atoms with Crippen LogP contribution in [-0.4, -0.2) is 92.1 Å². The number of benzene rings is 3. The number of nitrogens with one attached hydrogen (secondary N) is 1. The lowest BCUT2D eigenvalue weighted by atomic mass is 9.80. The molecule has 4 N–H and O–H groups in total. The van der Waals surface area contributed by atoms with Crippen LogP contribution >= 0.6 is 7.82 Å². The highest BCUT2D eigenvalue weighted by atomic mass is 31.2. The number of hydrogen-bond acceptors (Lipinski definition) is 16. The van der Waals surface area contributed by atoms with Crippen molar-refractivity contribution in [3.05, 3.63) is 141 Å². The Labute approximate surface area is 360 Å². The number of hydrogen-bond donors (Lipinski definition) is 3. The smallest absolute Gasteiger partial charge is 0.475 e. The molecule has 0 saturated carbocycles. The molecule has 20 heteroatoms. The molecule has 3 aromatic heterocycles. The normalized spacial score (nSPS) is 26.3. The first-order valence-corrected chi connectivity index (χ1v) is 21.8. The number of aromatic amines is 1. The van der Waals surface area contributed by atoms with Gasteiger partial charge in [0.15, 0.2) is 11.5 Å². The molecule has 0 unspecified atom stereocenters. The average molecular weight is 884 g/mol. The summed E-state index contributed by atoms with van der Waals surface area (Å²) in [4.78, 5) is 39.9. The third-order valence-corrected chi connectivity index (χ3v) is 13.2. The minimum absolute atomic E-state index is 0.0119. The first-order valence-electron chi connectivity index (χ1n) is 20.3. The van der Waals surface area contributed by atoms with Crippen LogP contribution in [0.1, 0.15) is 54.0 Å². The highest BCUT2D eigenvalue weighted by Gasteiger charge is 2.51. The first kappa shape index (κ1) is 42.5. The van der Waals surface area contributed by atoms with Crippen molar-refractivity contribution in [2.24, 2.45) is 0 Å². The third kappa shape index (κ3) is 8.18. The molecule has 3 aromatic carbocycles. The molecule has 3 fully saturated rings. The zero-order valence-electron chi connectivity index (χ0n) is 34.5. The predicted octanol–water partition coefficient (Wildman–Crippen LogP) is 4.53. The van der Waals surface area contributed by atoms with E-state index in [1.165, 1.54) is 17.1 Å². The van der Waals surface area contributed by atoms with Crippen molar-refractivity contribution in [2.75, 3.05) is 33.2 Å². The fourth-order valence-corrected chi connectivity index (χ4v) is 10.1. The first-order chi connectivity index (χ1) is 30.5. The van der Waals surface area contributed by atoms with Gasteiger partial charge < -0.3 is 34.5 Å². The Hall–Kier alpha value is -5.76. The van der Waals surface area contributed by atoms with Crippen LogP contribution in [0.2, 0.25) is 0 Å². The van der Waals surface area contributed by atoms with Crippen LogP contribution in [0.4, 0.5) is 5.82 Å². The molecule has 63 heavy (non-hydrogen) atoms. The molecule has 0 radical (unpaired) electrons. The van der Waals surface area contributed by atoms with Crippen molar-refractivity contribution in [1.29, 1.82) is 0 Å². The van der Waals surface area contributed by atoms with Gasteiger partial charge in [-0.3, -0.25) is 32.5 Å². The molecule has 0 amide bonds. The second kappa shape index (κ2) is 17.4. The Balaban J connectivity index is 1.04. The number of phosphoric ester groups is 1. The maximum atomic E-state index is 14.7. The van der Waals surface area contributed by atoms with Crippen LogP contribution < -0.4 is 26.5 Å². The fraction of sp³-hybridized carbons (Fsp3) is 0.372. The zero-order valence-corrected chi connectivity index (χ0v) is 35.4. The summed E-state index contributed by atoms with van der Waals surface area (Å²) in [6.45, 7) is 1.39. The summed E-state index contributed by atoms with van der Waals surface area (Å²) < 4.78 is 67.0. The number of ether oxygens (including phenoxy) is 5. The number of nitrogen functional groups attached to an aromatic ring is 1. The molecule has 9 rings (SSSR count). The number of nitrogens with zero attached hydrogens (tertiary/aromatic N) is 5. The Morgan fingerprint density at radius 1 is 0.889 bits per heavy atom. The molecule has 8 atom stereocenters. The van der Waals surface area contributed by atoms with Crippen molar-refractivity contribution < 1.29 is 46.9 Å². The molecule has 0 aliphatic carbocycles. The quantitative estimate of drug-likeness (QED) is 0.107. The van der Waals surface area contributed by atoms with E-state index in [0.717, 1.165) is 16.7 Å². The summed E-state index contributed by atoms with van der Waals surface area (Å²) >= 11 is 0. The number of H-pyrrole nitrogens is 1. The molecule has 0 bridgehead atoms. The number of phosphoric acid groups is 1. The lowest BCUT2D eigenvalue weighted by Gasteiger charge is -2.38. The summed E-state index contributed by atoms with van der Waals surface area (Å²) in [6, 6.07) is 24.9. The largest absolute Gasteiger partial charge is 0.497 e. The summed E-state index contributed by atoms with van der Waals surface area (Å²) in [5.41, 5.74) is 7.14. The third-order valence-electron chi connectivity index (χ3n) is 11.7. The van der Waals surface area contributed by atoms with Crippen LogP contribution in [0.25, 0.3) is 11.2 Å². The number of methoxy groups -OCH3 is 2. The Morgan fingerprint density at radius 3 is 2.24 bits per heavy atom. The average Bonchev–Trinajstić information content (AvgIpc) is 4.03. The minimum Gasteiger partial charge on any atom is -0.497 e. The van der Waals surface area contributed by atoms with Gasteiger partial charge in [-0.25, -0.2) is 24.3 Å². The summed E-state index contributed by atoms with van der Waals surface area (Å²) in [6.07, 6.45) is -2.06. The molecular formula is C43H46N7O12P. The lowest BCUT2D eigenvalue weighted by molar-refractivity contribution is -0.113. The van der Waals surface area contributed by atoms with E-state index in [1.807, 2.05) is 78.9 Å². The number of aliphatic hydroxyl groups excluding tert-OH is 1. The Morgan fingerprint density at radius 2 is 1.56 bits per heavy atom. The Bertz CT molecular complexity index is 2680. The van der Waals surface area contributed by atoms with Gasteiger partial charge in [-0.15, -0.1) is 0 Å². The second-order valence-electron chi connectivity index (χ2n) is 15.5. The second-order valence-corrected chi connectivity index (χ2v) is 17.0. The molecule has 330 valence electrons. The van der Waals surface area contributed by atoms with E-state index in [2.05, 4.69) is 19.9 Å². The number of nitrogens with two attached hydrogens (primary N) is 1. The van der Waals surface area contributed by atoms with Gasteiger partial charge >= 0.3 is 13.5 Å². The number of rotatable bonds is 13. The zero-order chi connectivity index (χ0) is 43.9.